The zero-order valence-corrected chi connectivity index (χ0v) is 9.46. The van der Waals surface area contributed by atoms with Crippen molar-refractivity contribution >= 4 is 17.4 Å². The summed E-state index contributed by atoms with van der Waals surface area (Å²) in [6.07, 6.45) is 1.21. The third-order valence-corrected chi connectivity index (χ3v) is 2.27. The normalized spacial score (nSPS) is 11.3. The number of oxime groups is 1. The monoisotopic (exact) mass is 264 g/mol. The minimum Gasteiger partial charge on any atom is -0.409 e. The highest BCUT2D eigenvalue weighted by molar-refractivity contribution is 6.03. The van der Waals surface area contributed by atoms with Gasteiger partial charge in [0.25, 0.3) is 5.91 Å². The van der Waals surface area contributed by atoms with Crippen LogP contribution in [0.5, 0.6) is 0 Å². The molecule has 0 fully saturated rings. The lowest BCUT2D eigenvalue weighted by atomic mass is 10.2. The molecule has 98 valence electrons. The average Bonchev–Trinajstić information content (AvgIpc) is 2.94. The van der Waals surface area contributed by atoms with Gasteiger partial charge in [0, 0.05) is 5.56 Å². The molecule has 0 saturated carbocycles. The van der Waals surface area contributed by atoms with Gasteiger partial charge in [-0.25, -0.2) is 4.39 Å². The van der Waals surface area contributed by atoms with Gasteiger partial charge in [-0.3, -0.25) is 4.79 Å². The molecule has 0 aliphatic rings. The number of rotatable bonds is 3. The number of hydrogen-bond donors (Lipinski definition) is 4. The van der Waals surface area contributed by atoms with Crippen LogP contribution in [0.1, 0.15) is 16.1 Å². The van der Waals surface area contributed by atoms with Gasteiger partial charge < -0.3 is 16.3 Å². The third-order valence-electron chi connectivity index (χ3n) is 2.27. The van der Waals surface area contributed by atoms with Crippen LogP contribution in [0, 0.1) is 5.82 Å². The number of aromatic nitrogens is 3. The SMILES string of the molecule is N/C(=N/O)c1ccc(NC(=O)c2cn[nH]n2)c(F)c1. The maximum absolute atomic E-state index is 13.7. The maximum Gasteiger partial charge on any atom is 0.277 e. The third kappa shape index (κ3) is 2.65. The van der Waals surface area contributed by atoms with Gasteiger partial charge in [0.05, 0.1) is 11.9 Å². The van der Waals surface area contributed by atoms with Crippen molar-refractivity contribution in [1.82, 2.24) is 15.4 Å². The lowest BCUT2D eigenvalue weighted by Crippen LogP contribution is -2.16. The standard InChI is InChI=1S/C10H9FN6O2/c11-6-3-5(9(12)16-19)1-2-7(6)14-10(18)8-4-13-17-15-8/h1-4,19H,(H2,12,16)(H,14,18)(H,13,15,17). The maximum atomic E-state index is 13.7. The fourth-order valence-corrected chi connectivity index (χ4v) is 1.33. The molecule has 5 N–H and O–H groups in total. The van der Waals surface area contributed by atoms with Gasteiger partial charge in [0.15, 0.2) is 11.5 Å². The Bertz CT molecular complexity index is 625. The Morgan fingerprint density at radius 1 is 1.53 bits per heavy atom. The fraction of sp³-hybridized carbons (Fsp3) is 0. The zero-order chi connectivity index (χ0) is 13.8. The van der Waals surface area contributed by atoms with Crippen molar-refractivity contribution in [2.75, 3.05) is 5.32 Å². The summed E-state index contributed by atoms with van der Waals surface area (Å²) >= 11 is 0. The van der Waals surface area contributed by atoms with Crippen LogP contribution < -0.4 is 11.1 Å². The molecule has 19 heavy (non-hydrogen) atoms. The van der Waals surface area contributed by atoms with E-state index in [0.29, 0.717) is 0 Å². The Hall–Kier alpha value is -2.97. The number of hydrogen-bond acceptors (Lipinski definition) is 5. The van der Waals surface area contributed by atoms with E-state index in [9.17, 15) is 9.18 Å². The Morgan fingerprint density at radius 2 is 2.32 bits per heavy atom. The van der Waals surface area contributed by atoms with E-state index in [4.69, 9.17) is 10.9 Å². The van der Waals surface area contributed by atoms with Gasteiger partial charge in [-0.1, -0.05) is 5.16 Å². The molecule has 1 heterocycles. The molecule has 0 unspecified atom stereocenters. The smallest absolute Gasteiger partial charge is 0.277 e. The molecule has 0 aliphatic carbocycles. The van der Waals surface area contributed by atoms with Crippen LogP contribution in [0.2, 0.25) is 0 Å². The van der Waals surface area contributed by atoms with Crippen LogP contribution in [0.3, 0.4) is 0 Å². The van der Waals surface area contributed by atoms with E-state index in [0.717, 1.165) is 6.07 Å². The molecule has 0 saturated heterocycles. The summed E-state index contributed by atoms with van der Waals surface area (Å²) in [6.45, 7) is 0. The van der Waals surface area contributed by atoms with E-state index in [1.54, 1.807) is 0 Å². The van der Waals surface area contributed by atoms with E-state index in [2.05, 4.69) is 25.9 Å². The first-order valence-corrected chi connectivity index (χ1v) is 5.06. The van der Waals surface area contributed by atoms with E-state index in [1.807, 2.05) is 0 Å². The highest BCUT2D eigenvalue weighted by Crippen LogP contribution is 2.16. The molecule has 1 amide bonds. The number of benzene rings is 1. The quantitative estimate of drug-likeness (QED) is 0.274. The van der Waals surface area contributed by atoms with Crippen LogP contribution in [-0.4, -0.2) is 32.4 Å². The topological polar surface area (TPSA) is 129 Å². The second kappa shape index (κ2) is 5.12. The van der Waals surface area contributed by atoms with E-state index < -0.39 is 11.7 Å². The lowest BCUT2D eigenvalue weighted by molar-refractivity contribution is 0.102. The number of amides is 1. The van der Waals surface area contributed by atoms with Crippen molar-refractivity contribution < 1.29 is 14.4 Å². The number of halogens is 1. The number of H-pyrrole nitrogens is 1. The molecule has 2 aromatic rings. The molecular weight excluding hydrogens is 255 g/mol. The molecular formula is C10H9FN6O2. The first-order valence-electron chi connectivity index (χ1n) is 5.06. The van der Waals surface area contributed by atoms with Crippen LogP contribution >= 0.6 is 0 Å². The molecule has 0 atom stereocenters. The summed E-state index contributed by atoms with van der Waals surface area (Å²) in [7, 11) is 0. The molecule has 0 bridgehead atoms. The van der Waals surface area contributed by atoms with Gasteiger partial charge in [-0.05, 0) is 18.2 Å². The fourth-order valence-electron chi connectivity index (χ4n) is 1.33. The van der Waals surface area contributed by atoms with Crippen molar-refractivity contribution in [3.8, 4) is 0 Å². The molecule has 8 nitrogen and oxygen atoms in total. The first-order chi connectivity index (χ1) is 9.11. The summed E-state index contributed by atoms with van der Waals surface area (Å²) in [5.74, 6) is -1.56. The van der Waals surface area contributed by atoms with Crippen molar-refractivity contribution in [2.45, 2.75) is 0 Å². The van der Waals surface area contributed by atoms with Crippen molar-refractivity contribution in [3.63, 3.8) is 0 Å². The number of aromatic amines is 1. The second-order valence-corrected chi connectivity index (χ2v) is 3.49. The van der Waals surface area contributed by atoms with Crippen LogP contribution in [0.25, 0.3) is 0 Å². The van der Waals surface area contributed by atoms with Crippen LogP contribution in [0.4, 0.5) is 10.1 Å². The number of carbonyl (C=O) groups is 1. The van der Waals surface area contributed by atoms with Crippen molar-refractivity contribution in [2.24, 2.45) is 10.9 Å². The highest BCUT2D eigenvalue weighted by Gasteiger charge is 2.12. The minimum atomic E-state index is -0.721. The summed E-state index contributed by atoms with van der Waals surface area (Å²) < 4.78 is 13.7. The molecule has 2 rings (SSSR count). The van der Waals surface area contributed by atoms with Gasteiger partial charge in [0.2, 0.25) is 0 Å². The summed E-state index contributed by atoms with van der Waals surface area (Å²) in [6, 6.07) is 3.73. The summed E-state index contributed by atoms with van der Waals surface area (Å²) in [5.41, 5.74) is 5.48. The summed E-state index contributed by atoms with van der Waals surface area (Å²) in [4.78, 5) is 11.6. The lowest BCUT2D eigenvalue weighted by Gasteiger charge is -2.06. The number of nitrogens with two attached hydrogens (primary N) is 1. The predicted octanol–water partition coefficient (Wildman–Crippen LogP) is 0.291. The first kappa shape index (κ1) is 12.5. The predicted molar refractivity (Wildman–Crippen MR) is 63.2 cm³/mol. The van der Waals surface area contributed by atoms with Gasteiger partial charge in [-0.2, -0.15) is 15.4 Å². The second-order valence-electron chi connectivity index (χ2n) is 3.49. The highest BCUT2D eigenvalue weighted by atomic mass is 19.1. The minimum absolute atomic E-state index is 0.0277. The molecule has 1 aromatic carbocycles. The van der Waals surface area contributed by atoms with Crippen LogP contribution in [0.15, 0.2) is 29.6 Å². The Balaban J connectivity index is 2.20. The van der Waals surface area contributed by atoms with E-state index in [1.165, 1.54) is 18.3 Å². The van der Waals surface area contributed by atoms with Gasteiger partial charge in [-0.15, -0.1) is 0 Å². The van der Waals surface area contributed by atoms with Crippen LogP contribution in [-0.2, 0) is 0 Å². The molecule has 9 heteroatoms. The van der Waals surface area contributed by atoms with Crippen molar-refractivity contribution in [1.29, 1.82) is 0 Å². The Morgan fingerprint density at radius 3 is 2.89 bits per heavy atom. The molecule has 0 radical (unpaired) electrons. The summed E-state index contributed by atoms with van der Waals surface area (Å²) in [5, 5.41) is 22.8. The largest absolute Gasteiger partial charge is 0.409 e. The van der Waals surface area contributed by atoms with Gasteiger partial charge in [0.1, 0.15) is 5.82 Å². The number of amidine groups is 1. The van der Waals surface area contributed by atoms with E-state index in [-0.39, 0.29) is 22.8 Å². The number of anilines is 1. The number of carbonyl (C=O) groups excluding carboxylic acids is 1. The molecule has 0 spiro atoms. The van der Waals surface area contributed by atoms with Gasteiger partial charge >= 0.3 is 0 Å². The molecule has 1 aromatic heterocycles. The zero-order valence-electron chi connectivity index (χ0n) is 9.46. The number of nitrogens with zero attached hydrogens (tertiary/aromatic N) is 3. The van der Waals surface area contributed by atoms with Crippen molar-refractivity contribution in [3.05, 3.63) is 41.5 Å². The Kier molecular flexibility index (Phi) is 3.37. The average molecular weight is 264 g/mol. The number of nitrogens with one attached hydrogen (secondary N) is 2. The van der Waals surface area contributed by atoms with E-state index >= 15 is 0 Å². The molecule has 0 aliphatic heterocycles. The Labute approximate surface area is 106 Å².